The van der Waals surface area contributed by atoms with E-state index < -0.39 is 0 Å². The molecule has 12 rings (SSSR count). The molecule has 0 aliphatic carbocycles. The number of nitrogens with zero attached hydrogens (tertiary/aromatic N) is 4. The fourth-order valence-corrected chi connectivity index (χ4v) is 10.5. The van der Waals surface area contributed by atoms with Crippen LogP contribution in [0.2, 0.25) is 0 Å². The summed E-state index contributed by atoms with van der Waals surface area (Å²) >= 11 is 3.67. The Morgan fingerprint density at radius 2 is 0.754 bits per heavy atom. The minimum Gasteiger partial charge on any atom is -0.309 e. The number of hydrogen-bond donors (Lipinski definition) is 0. The van der Waals surface area contributed by atoms with Gasteiger partial charge in [0.1, 0.15) is 0 Å². The van der Waals surface area contributed by atoms with Crippen molar-refractivity contribution in [3.63, 3.8) is 0 Å². The Morgan fingerprint density at radius 3 is 1.35 bits per heavy atom. The molecule has 0 N–H and O–H groups in total. The minimum absolute atomic E-state index is 0.666. The van der Waals surface area contributed by atoms with Crippen LogP contribution in [0.1, 0.15) is 0 Å². The largest absolute Gasteiger partial charge is 0.309 e. The Balaban J connectivity index is 0.948. The molecule has 4 aromatic heterocycles. The number of thiophene rings is 2. The Morgan fingerprint density at radius 1 is 0.298 bits per heavy atom. The van der Waals surface area contributed by atoms with Crippen LogP contribution in [-0.4, -0.2) is 19.5 Å². The SMILES string of the molecule is c1ccc(-c2nc(-c3ccccc3)nc(-c3ccc4c(c3)sc3ccc(-c5ccc6sc7ccc(-n8c9ccccc9c9ccccc98)cc7c6c5)cc34)n2)cc1. The summed E-state index contributed by atoms with van der Waals surface area (Å²) in [5, 5.41) is 7.62. The monoisotopic (exact) mass is 762 g/mol. The first-order valence-electron chi connectivity index (χ1n) is 19.0. The molecule has 0 aliphatic rings. The van der Waals surface area contributed by atoms with Crippen LogP contribution in [-0.2, 0) is 0 Å². The molecule has 0 saturated carbocycles. The molecule has 4 heterocycles. The first kappa shape index (κ1) is 32.3. The van der Waals surface area contributed by atoms with E-state index in [-0.39, 0.29) is 0 Å². The topological polar surface area (TPSA) is 43.6 Å². The van der Waals surface area contributed by atoms with Crippen molar-refractivity contribution in [2.24, 2.45) is 0 Å². The maximum atomic E-state index is 4.98. The van der Waals surface area contributed by atoms with E-state index in [0.717, 1.165) is 16.7 Å². The molecule has 0 spiro atoms. The number of fused-ring (bicyclic) bond motifs is 9. The summed E-state index contributed by atoms with van der Waals surface area (Å²) in [5.74, 6) is 2.00. The normalized spacial score (nSPS) is 11.9. The number of aromatic nitrogens is 4. The highest BCUT2D eigenvalue weighted by molar-refractivity contribution is 7.26. The molecule has 266 valence electrons. The van der Waals surface area contributed by atoms with E-state index in [4.69, 9.17) is 15.0 Å². The van der Waals surface area contributed by atoms with Crippen LogP contribution in [0.3, 0.4) is 0 Å². The number of benzene rings is 8. The molecule has 12 aromatic rings. The van der Waals surface area contributed by atoms with Gasteiger partial charge < -0.3 is 4.57 Å². The van der Waals surface area contributed by atoms with E-state index in [2.05, 4.69) is 126 Å². The van der Waals surface area contributed by atoms with E-state index in [1.54, 1.807) is 0 Å². The first-order valence-corrected chi connectivity index (χ1v) is 20.6. The molecule has 8 aromatic carbocycles. The summed E-state index contributed by atoms with van der Waals surface area (Å²) in [5.41, 5.74) is 8.96. The second-order valence-corrected chi connectivity index (χ2v) is 16.6. The highest BCUT2D eigenvalue weighted by Gasteiger charge is 2.17. The van der Waals surface area contributed by atoms with E-state index in [9.17, 15) is 0 Å². The minimum atomic E-state index is 0.666. The molecule has 0 unspecified atom stereocenters. The van der Waals surface area contributed by atoms with Crippen LogP contribution in [0.4, 0.5) is 0 Å². The lowest BCUT2D eigenvalue weighted by Crippen LogP contribution is -1.99. The zero-order valence-corrected chi connectivity index (χ0v) is 32.1. The molecule has 57 heavy (non-hydrogen) atoms. The lowest BCUT2D eigenvalue weighted by Gasteiger charge is -2.08. The third-order valence-electron chi connectivity index (χ3n) is 11.1. The molecule has 0 amide bonds. The van der Waals surface area contributed by atoms with Crippen molar-refractivity contribution in [1.29, 1.82) is 0 Å². The molecule has 0 radical (unpaired) electrons. The van der Waals surface area contributed by atoms with E-state index in [0.29, 0.717) is 17.5 Å². The van der Waals surface area contributed by atoms with Gasteiger partial charge in [0.15, 0.2) is 17.5 Å². The predicted octanol–water partition coefficient (Wildman–Crippen LogP) is 14.4. The fourth-order valence-electron chi connectivity index (χ4n) is 8.32. The first-order chi connectivity index (χ1) is 28.2. The molecule has 6 heteroatoms. The Bertz CT molecular complexity index is 3410. The molecule has 4 nitrogen and oxygen atoms in total. The van der Waals surface area contributed by atoms with Crippen molar-refractivity contribution in [2.45, 2.75) is 0 Å². The van der Waals surface area contributed by atoms with Gasteiger partial charge in [0, 0.05) is 73.5 Å². The summed E-state index contributed by atoms with van der Waals surface area (Å²) in [6.07, 6.45) is 0. The smallest absolute Gasteiger partial charge is 0.164 e. The van der Waals surface area contributed by atoms with E-state index >= 15 is 0 Å². The van der Waals surface area contributed by atoms with Gasteiger partial charge in [-0.1, -0.05) is 121 Å². The maximum Gasteiger partial charge on any atom is 0.164 e. The van der Waals surface area contributed by atoms with Gasteiger partial charge in [0.25, 0.3) is 0 Å². The van der Waals surface area contributed by atoms with Gasteiger partial charge in [-0.25, -0.2) is 15.0 Å². The van der Waals surface area contributed by atoms with Crippen LogP contribution < -0.4 is 0 Å². The van der Waals surface area contributed by atoms with E-state index in [1.807, 2.05) is 83.3 Å². The van der Waals surface area contributed by atoms with Crippen LogP contribution >= 0.6 is 22.7 Å². The lowest BCUT2D eigenvalue weighted by molar-refractivity contribution is 1.07. The Labute approximate surface area is 335 Å². The third kappa shape index (κ3) is 5.30. The molecule has 0 atom stereocenters. The second-order valence-electron chi connectivity index (χ2n) is 14.4. The standard InChI is InChI=1S/C51H30N4S2/c1-3-11-31(12-4-1)49-52-50(32-13-5-2-6-14-32)54-51(53-49)35-19-23-39-40-27-33(20-24-45(40)57-48(39)29-35)34-21-25-46-41(28-34)42-30-36(22-26-47(42)56-46)55-43-17-9-7-15-37(43)38-16-8-10-18-44(38)55/h1-30H. The zero-order chi connectivity index (χ0) is 37.5. The quantitative estimate of drug-likeness (QED) is 0.175. The summed E-state index contributed by atoms with van der Waals surface area (Å²) in [6, 6.07) is 65.1. The average Bonchev–Trinajstić information content (AvgIpc) is 3.95. The Hall–Kier alpha value is -6.99. The fraction of sp³-hybridized carbons (Fsp3) is 0. The van der Waals surface area contributed by atoms with Gasteiger partial charge in [-0.3, -0.25) is 0 Å². The summed E-state index contributed by atoms with van der Waals surface area (Å²) in [7, 11) is 0. The van der Waals surface area contributed by atoms with Crippen molar-refractivity contribution < 1.29 is 0 Å². The van der Waals surface area contributed by atoms with Gasteiger partial charge in [0.2, 0.25) is 0 Å². The summed E-state index contributed by atoms with van der Waals surface area (Å²) < 4.78 is 7.47. The van der Waals surface area contributed by atoms with Crippen molar-refractivity contribution in [3.05, 3.63) is 182 Å². The number of rotatable bonds is 5. The maximum absolute atomic E-state index is 4.98. The van der Waals surface area contributed by atoms with Crippen molar-refractivity contribution in [1.82, 2.24) is 19.5 Å². The lowest BCUT2D eigenvalue weighted by atomic mass is 10.0. The van der Waals surface area contributed by atoms with E-state index in [1.165, 1.54) is 79.0 Å². The molecule has 0 saturated heterocycles. The van der Waals surface area contributed by atoms with Crippen molar-refractivity contribution >= 4 is 84.8 Å². The van der Waals surface area contributed by atoms with Gasteiger partial charge in [-0.15, -0.1) is 22.7 Å². The third-order valence-corrected chi connectivity index (χ3v) is 13.3. The summed E-state index contributed by atoms with van der Waals surface area (Å²) in [6.45, 7) is 0. The van der Waals surface area contributed by atoms with Crippen LogP contribution in [0.15, 0.2) is 182 Å². The van der Waals surface area contributed by atoms with Gasteiger partial charge in [0.05, 0.1) is 11.0 Å². The molecule has 0 fully saturated rings. The number of hydrogen-bond acceptors (Lipinski definition) is 5. The highest BCUT2D eigenvalue weighted by Crippen LogP contribution is 2.42. The van der Waals surface area contributed by atoms with Crippen molar-refractivity contribution in [3.8, 4) is 51.0 Å². The zero-order valence-electron chi connectivity index (χ0n) is 30.4. The van der Waals surface area contributed by atoms with Crippen molar-refractivity contribution in [2.75, 3.05) is 0 Å². The molecule has 0 bridgehead atoms. The van der Waals surface area contributed by atoms with Gasteiger partial charge in [-0.05, 0) is 71.8 Å². The molecular weight excluding hydrogens is 733 g/mol. The average molecular weight is 763 g/mol. The molecule has 0 aliphatic heterocycles. The highest BCUT2D eigenvalue weighted by atomic mass is 32.1. The molecular formula is C51H30N4S2. The van der Waals surface area contributed by atoms with Gasteiger partial charge >= 0.3 is 0 Å². The predicted molar refractivity (Wildman–Crippen MR) is 242 cm³/mol. The second kappa shape index (κ2) is 12.8. The van der Waals surface area contributed by atoms with Crippen LogP contribution in [0.25, 0.3) is 113 Å². The summed E-state index contributed by atoms with van der Waals surface area (Å²) in [4.78, 5) is 14.9. The van der Waals surface area contributed by atoms with Crippen LogP contribution in [0.5, 0.6) is 0 Å². The van der Waals surface area contributed by atoms with Gasteiger partial charge in [-0.2, -0.15) is 0 Å². The Kier molecular flexibility index (Phi) is 7.24. The number of para-hydroxylation sites is 2. The van der Waals surface area contributed by atoms with Crippen LogP contribution in [0, 0.1) is 0 Å².